The number of halogens is 2. The topological polar surface area (TPSA) is 61.3 Å². The molecule has 1 atom stereocenters. The highest BCUT2D eigenvalue weighted by Crippen LogP contribution is 2.25. The van der Waals surface area contributed by atoms with Gasteiger partial charge in [-0.2, -0.15) is 0 Å². The first-order chi connectivity index (χ1) is 11.5. The van der Waals surface area contributed by atoms with E-state index in [4.69, 9.17) is 32.7 Å². The molecule has 1 unspecified atom stereocenters. The maximum atomic E-state index is 11.8. The number of hydrogen-bond acceptors (Lipinski definition) is 5. The van der Waals surface area contributed by atoms with Crippen molar-refractivity contribution in [3.63, 3.8) is 0 Å². The smallest absolute Gasteiger partial charge is 0.325 e. The Kier molecular flexibility index (Phi) is 4.55. The predicted molar refractivity (Wildman–Crippen MR) is 91.5 cm³/mol. The Morgan fingerprint density at radius 3 is 2.54 bits per heavy atom. The predicted octanol–water partition coefficient (Wildman–Crippen LogP) is 4.22. The Labute approximate surface area is 148 Å². The summed E-state index contributed by atoms with van der Waals surface area (Å²) in [5, 5.41) is -0.301. The van der Waals surface area contributed by atoms with E-state index in [9.17, 15) is 4.79 Å². The summed E-state index contributed by atoms with van der Waals surface area (Å²) < 4.78 is 11.2. The van der Waals surface area contributed by atoms with Crippen LogP contribution in [0, 0.1) is 0 Å². The van der Waals surface area contributed by atoms with Gasteiger partial charge in [0.25, 0.3) is 0 Å². The molecule has 0 aliphatic carbocycles. The van der Waals surface area contributed by atoms with E-state index >= 15 is 0 Å². The van der Waals surface area contributed by atoms with Crippen molar-refractivity contribution in [2.45, 2.75) is 12.7 Å². The van der Waals surface area contributed by atoms with Crippen molar-refractivity contribution < 1.29 is 14.3 Å². The fourth-order valence-electron chi connectivity index (χ4n) is 2.03. The van der Waals surface area contributed by atoms with Gasteiger partial charge in [0.05, 0.1) is 17.2 Å². The van der Waals surface area contributed by atoms with Crippen LogP contribution in [0.25, 0.3) is 11.0 Å². The van der Waals surface area contributed by atoms with Gasteiger partial charge in [0.15, 0.2) is 0 Å². The van der Waals surface area contributed by atoms with Gasteiger partial charge in [-0.25, -0.2) is 9.97 Å². The Balaban J connectivity index is 1.91. The van der Waals surface area contributed by atoms with Gasteiger partial charge in [-0.3, -0.25) is 4.79 Å². The van der Waals surface area contributed by atoms with Gasteiger partial charge in [0.2, 0.25) is 5.88 Å². The highest BCUT2D eigenvalue weighted by Gasteiger charge is 2.38. The Bertz CT molecular complexity index is 889. The molecule has 0 radical (unpaired) electrons. The second-order valence-electron chi connectivity index (χ2n) is 5.08. The molecule has 0 fully saturated rings. The number of hydrogen-bond donors (Lipinski definition) is 0. The SMILES string of the molecule is CC(Oc1ccccc1)(Oc1cnc2ccc(Cl)cc2n1)C(=O)Cl. The molecule has 7 heteroatoms. The van der Waals surface area contributed by atoms with E-state index in [2.05, 4.69) is 9.97 Å². The molecule has 1 heterocycles. The molecule has 0 bridgehead atoms. The number of rotatable bonds is 5. The summed E-state index contributed by atoms with van der Waals surface area (Å²) in [5.41, 5.74) is 1.18. The molecule has 5 nitrogen and oxygen atoms in total. The third-order valence-corrected chi connectivity index (χ3v) is 3.77. The summed E-state index contributed by atoms with van der Waals surface area (Å²) in [6.45, 7) is 1.42. The number of ether oxygens (including phenoxy) is 2. The van der Waals surface area contributed by atoms with E-state index in [1.807, 2.05) is 6.07 Å². The summed E-state index contributed by atoms with van der Waals surface area (Å²) >= 11 is 11.6. The van der Waals surface area contributed by atoms with E-state index in [0.717, 1.165) is 0 Å². The average Bonchev–Trinajstić information content (AvgIpc) is 2.55. The lowest BCUT2D eigenvalue weighted by Crippen LogP contribution is -2.45. The summed E-state index contributed by atoms with van der Waals surface area (Å²) in [5.74, 6) is -1.22. The molecule has 0 aliphatic rings. The molecule has 0 aliphatic heterocycles. The first kappa shape index (κ1) is 16.5. The van der Waals surface area contributed by atoms with Gasteiger partial charge < -0.3 is 9.47 Å². The maximum absolute atomic E-state index is 11.8. The largest absolute Gasteiger partial charge is 0.445 e. The number of para-hydroxylation sites is 1. The fraction of sp³-hybridized carbons (Fsp3) is 0.118. The zero-order valence-electron chi connectivity index (χ0n) is 12.6. The summed E-state index contributed by atoms with van der Waals surface area (Å²) in [6, 6.07) is 13.8. The third kappa shape index (κ3) is 3.58. The molecule has 0 saturated heterocycles. The van der Waals surface area contributed by atoms with Gasteiger partial charge in [0.1, 0.15) is 5.75 Å². The van der Waals surface area contributed by atoms with Gasteiger partial charge in [-0.1, -0.05) is 29.8 Å². The van der Waals surface area contributed by atoms with E-state index in [1.54, 1.807) is 42.5 Å². The van der Waals surface area contributed by atoms with Gasteiger partial charge in [0, 0.05) is 11.9 Å². The van der Waals surface area contributed by atoms with Crippen LogP contribution in [0.2, 0.25) is 5.02 Å². The summed E-state index contributed by atoms with van der Waals surface area (Å²) in [6.07, 6.45) is 1.39. The molecule has 24 heavy (non-hydrogen) atoms. The number of carbonyl (C=O) groups excluding carboxylic acids is 1. The van der Waals surface area contributed by atoms with Gasteiger partial charge in [-0.05, 0) is 41.9 Å². The minimum atomic E-state index is -1.75. The Morgan fingerprint density at radius 2 is 1.83 bits per heavy atom. The average molecular weight is 363 g/mol. The zero-order chi connectivity index (χ0) is 17.2. The second kappa shape index (κ2) is 6.63. The van der Waals surface area contributed by atoms with Crippen LogP contribution in [0.3, 0.4) is 0 Å². The molecular weight excluding hydrogens is 351 g/mol. The van der Waals surface area contributed by atoms with E-state index < -0.39 is 11.0 Å². The highest BCUT2D eigenvalue weighted by atomic mass is 35.5. The minimum Gasteiger partial charge on any atom is -0.445 e. The first-order valence-corrected chi connectivity index (χ1v) is 7.77. The second-order valence-corrected chi connectivity index (χ2v) is 5.86. The minimum absolute atomic E-state index is 0.0946. The van der Waals surface area contributed by atoms with Gasteiger partial charge >= 0.3 is 11.0 Å². The van der Waals surface area contributed by atoms with Crippen molar-refractivity contribution in [3.8, 4) is 11.6 Å². The number of benzene rings is 2. The van der Waals surface area contributed by atoms with Crippen LogP contribution < -0.4 is 9.47 Å². The number of nitrogens with zero attached hydrogens (tertiary/aromatic N) is 2. The number of carbonyl (C=O) groups is 1. The normalized spacial score (nSPS) is 13.3. The molecule has 122 valence electrons. The van der Waals surface area contributed by atoms with Crippen LogP contribution in [0.15, 0.2) is 54.7 Å². The van der Waals surface area contributed by atoms with Crippen LogP contribution in [0.1, 0.15) is 6.92 Å². The lowest BCUT2D eigenvalue weighted by Gasteiger charge is -2.26. The van der Waals surface area contributed by atoms with Crippen LogP contribution >= 0.6 is 23.2 Å². The van der Waals surface area contributed by atoms with Crippen molar-refractivity contribution in [2.24, 2.45) is 0 Å². The fourth-order valence-corrected chi connectivity index (χ4v) is 2.27. The monoisotopic (exact) mass is 362 g/mol. The molecule has 2 aromatic carbocycles. The first-order valence-electron chi connectivity index (χ1n) is 7.01. The summed E-state index contributed by atoms with van der Waals surface area (Å²) in [7, 11) is 0. The van der Waals surface area contributed by atoms with Crippen LogP contribution in [0.4, 0.5) is 0 Å². The molecular formula is C17H12Cl2N2O3. The standard InChI is InChI=1S/C17H12Cl2N2O3/c1-17(16(19)22,23-12-5-3-2-4-6-12)24-15-10-20-13-8-7-11(18)9-14(13)21-15/h2-10H,1H3. The molecule has 3 rings (SSSR count). The third-order valence-electron chi connectivity index (χ3n) is 3.19. The van der Waals surface area contributed by atoms with Crippen molar-refractivity contribution in [2.75, 3.05) is 0 Å². The Hall–Kier alpha value is -2.37. The molecule has 0 N–H and O–H groups in total. The summed E-state index contributed by atoms with van der Waals surface area (Å²) in [4.78, 5) is 20.3. The number of aromatic nitrogens is 2. The molecule has 0 saturated carbocycles. The van der Waals surface area contributed by atoms with Gasteiger partial charge in [-0.15, -0.1) is 0 Å². The quantitative estimate of drug-likeness (QED) is 0.502. The molecule has 0 spiro atoms. The van der Waals surface area contributed by atoms with E-state index in [0.29, 0.717) is 21.8 Å². The van der Waals surface area contributed by atoms with Crippen molar-refractivity contribution in [1.82, 2.24) is 9.97 Å². The van der Waals surface area contributed by atoms with Crippen LogP contribution in [-0.2, 0) is 4.79 Å². The lowest BCUT2D eigenvalue weighted by atomic mass is 10.3. The van der Waals surface area contributed by atoms with Crippen molar-refractivity contribution in [1.29, 1.82) is 0 Å². The van der Waals surface area contributed by atoms with Crippen molar-refractivity contribution >= 4 is 39.5 Å². The van der Waals surface area contributed by atoms with Crippen LogP contribution in [0.5, 0.6) is 11.6 Å². The van der Waals surface area contributed by atoms with E-state index in [1.165, 1.54) is 13.1 Å². The lowest BCUT2D eigenvalue weighted by molar-refractivity contribution is -0.150. The number of fused-ring (bicyclic) bond motifs is 1. The van der Waals surface area contributed by atoms with Crippen molar-refractivity contribution in [3.05, 3.63) is 59.8 Å². The molecule has 1 aromatic heterocycles. The molecule has 0 amide bonds. The Morgan fingerprint density at radius 1 is 1.08 bits per heavy atom. The van der Waals surface area contributed by atoms with Crippen LogP contribution in [-0.4, -0.2) is 21.0 Å². The zero-order valence-corrected chi connectivity index (χ0v) is 14.1. The van der Waals surface area contributed by atoms with E-state index in [-0.39, 0.29) is 5.88 Å². The highest BCUT2D eigenvalue weighted by molar-refractivity contribution is 6.65. The molecule has 3 aromatic rings. The maximum Gasteiger partial charge on any atom is 0.325 e.